The van der Waals surface area contributed by atoms with Crippen molar-refractivity contribution in [2.24, 2.45) is 0 Å². The van der Waals surface area contributed by atoms with Crippen LogP contribution in [0.4, 0.5) is 0 Å². The minimum absolute atomic E-state index is 0.868. The van der Waals surface area contributed by atoms with Crippen LogP contribution in [0.3, 0.4) is 0 Å². The Kier molecular flexibility index (Phi) is 13.6. The Hall–Kier alpha value is -0.300. The molecule has 0 fully saturated rings. The lowest BCUT2D eigenvalue weighted by molar-refractivity contribution is 1.50. The highest BCUT2D eigenvalue weighted by Crippen LogP contribution is 2.00. The molecule has 0 aliphatic carbocycles. The van der Waals surface area contributed by atoms with Crippen LogP contribution in [0.1, 0.15) is 13.8 Å². The van der Waals surface area contributed by atoms with Gasteiger partial charge in [0.05, 0.1) is 0 Å². The standard InChI is InChI=1S/C6H7Br.C2H6/c1-3-4-5-6(2)7;1-2/h3-5H,1-2H2;1-2H3/b5-4-;. The molecule has 0 heterocycles. The maximum atomic E-state index is 3.57. The van der Waals surface area contributed by atoms with Crippen molar-refractivity contribution in [3.63, 3.8) is 0 Å². The molecule has 0 bridgehead atoms. The molecule has 1 heteroatoms. The zero-order chi connectivity index (χ0) is 7.70. The van der Waals surface area contributed by atoms with E-state index in [-0.39, 0.29) is 0 Å². The molecule has 0 unspecified atom stereocenters. The van der Waals surface area contributed by atoms with Crippen LogP contribution in [-0.4, -0.2) is 0 Å². The van der Waals surface area contributed by atoms with Crippen molar-refractivity contribution >= 4 is 15.9 Å². The van der Waals surface area contributed by atoms with Crippen molar-refractivity contribution < 1.29 is 0 Å². The lowest BCUT2D eigenvalue weighted by atomic mass is 10.5. The van der Waals surface area contributed by atoms with Gasteiger partial charge in [0.1, 0.15) is 0 Å². The first kappa shape index (κ1) is 11.5. The van der Waals surface area contributed by atoms with Gasteiger partial charge in [-0.3, -0.25) is 0 Å². The van der Waals surface area contributed by atoms with Gasteiger partial charge in [0.25, 0.3) is 0 Å². The number of hydrogen-bond acceptors (Lipinski definition) is 0. The third-order valence-corrected chi connectivity index (χ3v) is 0.677. The molecular weight excluding hydrogens is 176 g/mol. The minimum Gasteiger partial charge on any atom is -0.0991 e. The molecule has 0 rings (SSSR count). The number of rotatable bonds is 2. The van der Waals surface area contributed by atoms with E-state index < -0.39 is 0 Å². The Morgan fingerprint density at radius 3 is 2.00 bits per heavy atom. The molecule has 0 atom stereocenters. The Morgan fingerprint density at radius 2 is 1.89 bits per heavy atom. The second kappa shape index (κ2) is 10.6. The molecule has 0 aliphatic heterocycles. The predicted octanol–water partition coefficient (Wildman–Crippen LogP) is 3.66. The van der Waals surface area contributed by atoms with E-state index in [2.05, 4.69) is 29.1 Å². The van der Waals surface area contributed by atoms with Gasteiger partial charge in [0.15, 0.2) is 0 Å². The van der Waals surface area contributed by atoms with E-state index in [4.69, 9.17) is 0 Å². The molecule has 0 aliphatic rings. The predicted molar refractivity (Wildman–Crippen MR) is 48.8 cm³/mol. The zero-order valence-electron chi connectivity index (χ0n) is 6.02. The molecule has 0 N–H and O–H groups in total. The second-order valence-electron chi connectivity index (χ2n) is 1.04. The fraction of sp³-hybridized carbons (Fsp3) is 0.250. The molecule has 0 amide bonds. The largest absolute Gasteiger partial charge is 0.0991 e. The normalized spacial score (nSPS) is 7.89. The summed E-state index contributed by atoms with van der Waals surface area (Å²) in [6, 6.07) is 0. The molecule has 0 aromatic carbocycles. The summed E-state index contributed by atoms with van der Waals surface area (Å²) in [4.78, 5) is 0. The topological polar surface area (TPSA) is 0 Å². The lowest BCUT2D eigenvalue weighted by Crippen LogP contribution is -1.49. The fourth-order valence-electron chi connectivity index (χ4n) is 0.172. The Labute approximate surface area is 66.1 Å². The maximum absolute atomic E-state index is 3.57. The molecule has 9 heavy (non-hydrogen) atoms. The fourth-order valence-corrected chi connectivity index (χ4v) is 0.325. The van der Waals surface area contributed by atoms with Crippen molar-refractivity contribution in [3.05, 3.63) is 35.9 Å². The summed E-state index contributed by atoms with van der Waals surface area (Å²) >= 11 is 3.15. The first-order valence-corrected chi connectivity index (χ1v) is 3.70. The summed E-state index contributed by atoms with van der Waals surface area (Å²) in [5.41, 5.74) is 0. The number of hydrogen-bond donors (Lipinski definition) is 0. The van der Waals surface area contributed by atoms with Gasteiger partial charge < -0.3 is 0 Å². The average molecular weight is 189 g/mol. The van der Waals surface area contributed by atoms with Crippen LogP contribution in [-0.2, 0) is 0 Å². The van der Waals surface area contributed by atoms with Gasteiger partial charge in [-0.25, -0.2) is 0 Å². The second-order valence-corrected chi connectivity index (χ2v) is 2.06. The van der Waals surface area contributed by atoms with Gasteiger partial charge in [0.2, 0.25) is 0 Å². The van der Waals surface area contributed by atoms with Gasteiger partial charge in [-0.1, -0.05) is 55.1 Å². The van der Waals surface area contributed by atoms with Crippen LogP contribution in [0.5, 0.6) is 0 Å². The molecule has 0 aromatic rings. The summed E-state index contributed by atoms with van der Waals surface area (Å²) in [5, 5.41) is 0. The molecule has 0 radical (unpaired) electrons. The van der Waals surface area contributed by atoms with Crippen LogP contribution in [0.15, 0.2) is 35.9 Å². The van der Waals surface area contributed by atoms with Crippen molar-refractivity contribution in [2.75, 3.05) is 0 Å². The van der Waals surface area contributed by atoms with Gasteiger partial charge in [-0.2, -0.15) is 0 Å². The van der Waals surface area contributed by atoms with Crippen LogP contribution < -0.4 is 0 Å². The first-order valence-electron chi connectivity index (χ1n) is 2.91. The van der Waals surface area contributed by atoms with E-state index in [1.54, 1.807) is 6.08 Å². The van der Waals surface area contributed by atoms with Crippen LogP contribution >= 0.6 is 15.9 Å². The van der Waals surface area contributed by atoms with E-state index >= 15 is 0 Å². The lowest BCUT2D eigenvalue weighted by Gasteiger charge is -1.74. The number of halogens is 1. The third-order valence-electron chi connectivity index (χ3n) is 0.413. The molecule has 52 valence electrons. The van der Waals surface area contributed by atoms with E-state index in [9.17, 15) is 0 Å². The molecule has 0 saturated carbocycles. The van der Waals surface area contributed by atoms with Gasteiger partial charge in [-0.15, -0.1) is 0 Å². The minimum atomic E-state index is 0.868. The monoisotopic (exact) mass is 188 g/mol. The van der Waals surface area contributed by atoms with Gasteiger partial charge in [-0.05, 0) is 6.08 Å². The molecule has 0 saturated heterocycles. The van der Waals surface area contributed by atoms with Gasteiger partial charge in [0, 0.05) is 4.48 Å². The van der Waals surface area contributed by atoms with E-state index in [1.807, 2.05) is 26.0 Å². The van der Waals surface area contributed by atoms with Gasteiger partial charge >= 0.3 is 0 Å². The molecule has 0 nitrogen and oxygen atoms in total. The maximum Gasteiger partial charge on any atom is 0.0103 e. The smallest absolute Gasteiger partial charge is 0.0103 e. The molecule has 0 aromatic heterocycles. The molecule has 0 spiro atoms. The highest BCUT2D eigenvalue weighted by molar-refractivity contribution is 9.11. The Morgan fingerprint density at radius 1 is 1.44 bits per heavy atom. The van der Waals surface area contributed by atoms with Crippen molar-refractivity contribution in [1.82, 2.24) is 0 Å². The third kappa shape index (κ3) is 18.3. The van der Waals surface area contributed by atoms with Crippen molar-refractivity contribution in [1.29, 1.82) is 0 Å². The summed E-state index contributed by atoms with van der Waals surface area (Å²) in [7, 11) is 0. The summed E-state index contributed by atoms with van der Waals surface area (Å²) < 4.78 is 0.868. The summed E-state index contributed by atoms with van der Waals surface area (Å²) in [6.07, 6.45) is 5.34. The van der Waals surface area contributed by atoms with E-state index in [0.717, 1.165) is 4.48 Å². The van der Waals surface area contributed by atoms with E-state index in [1.165, 1.54) is 0 Å². The number of allylic oxidation sites excluding steroid dienone is 4. The van der Waals surface area contributed by atoms with E-state index in [0.29, 0.717) is 0 Å². The van der Waals surface area contributed by atoms with Crippen LogP contribution in [0, 0.1) is 0 Å². The highest BCUT2D eigenvalue weighted by Gasteiger charge is 1.68. The van der Waals surface area contributed by atoms with Crippen LogP contribution in [0.2, 0.25) is 0 Å². The van der Waals surface area contributed by atoms with Crippen LogP contribution in [0.25, 0.3) is 0 Å². The Balaban J connectivity index is 0. The zero-order valence-corrected chi connectivity index (χ0v) is 7.61. The van der Waals surface area contributed by atoms with Crippen molar-refractivity contribution in [3.8, 4) is 0 Å². The Bertz CT molecular complexity index is 101. The quantitative estimate of drug-likeness (QED) is 0.581. The SMILES string of the molecule is C=C/C=C\C(=C)Br.CC. The molecular formula is C8H13Br. The highest BCUT2D eigenvalue weighted by atomic mass is 79.9. The summed E-state index contributed by atoms with van der Waals surface area (Å²) in [6.45, 7) is 11.1. The first-order chi connectivity index (χ1) is 4.27. The summed E-state index contributed by atoms with van der Waals surface area (Å²) in [5.74, 6) is 0. The van der Waals surface area contributed by atoms with Crippen molar-refractivity contribution in [2.45, 2.75) is 13.8 Å². The average Bonchev–Trinajstić information content (AvgIpc) is 1.88.